The smallest absolute Gasteiger partial charge is 0.303 e. The van der Waals surface area contributed by atoms with Gasteiger partial charge in [-0.1, -0.05) is 12.2 Å². The summed E-state index contributed by atoms with van der Waals surface area (Å²) in [5.41, 5.74) is 0. The first-order chi connectivity index (χ1) is 7.20. The Morgan fingerprint density at radius 1 is 1.13 bits per heavy atom. The number of aliphatic carboxylic acids is 1. The Hall–Kier alpha value is -1.32. The Labute approximate surface area is 89.6 Å². The van der Waals surface area contributed by atoms with Crippen molar-refractivity contribution in [1.82, 2.24) is 4.90 Å². The summed E-state index contributed by atoms with van der Waals surface area (Å²) in [5.74, 6) is -0.942. The number of carboxylic acid groups (broad SMARTS) is 1. The number of hydrogen-bond donors (Lipinski definition) is 1. The number of carbonyl (C=O) groups is 2. The molecule has 0 aliphatic carbocycles. The Morgan fingerprint density at radius 3 is 2.60 bits per heavy atom. The average Bonchev–Trinajstić information content (AvgIpc) is 2.13. The second kappa shape index (κ2) is 6.22. The molecule has 0 aromatic rings. The van der Waals surface area contributed by atoms with Crippen LogP contribution in [0.4, 0.5) is 0 Å². The predicted octanol–water partition coefficient (Wildman–Crippen LogP) is 1.42. The highest BCUT2D eigenvalue weighted by molar-refractivity contribution is 5.80. The molecule has 15 heavy (non-hydrogen) atoms. The lowest BCUT2D eigenvalue weighted by Gasteiger charge is -2.22. The van der Waals surface area contributed by atoms with Crippen molar-refractivity contribution in [3.63, 3.8) is 0 Å². The van der Waals surface area contributed by atoms with Gasteiger partial charge in [0.2, 0.25) is 5.91 Å². The largest absolute Gasteiger partial charge is 0.481 e. The van der Waals surface area contributed by atoms with Gasteiger partial charge in [-0.3, -0.25) is 9.59 Å². The van der Waals surface area contributed by atoms with Crippen molar-refractivity contribution >= 4 is 11.9 Å². The van der Waals surface area contributed by atoms with E-state index >= 15 is 0 Å². The molecule has 4 heteroatoms. The van der Waals surface area contributed by atoms with Gasteiger partial charge in [-0.2, -0.15) is 0 Å². The second-order valence-corrected chi connectivity index (χ2v) is 3.68. The molecule has 0 fully saturated rings. The maximum absolute atomic E-state index is 11.6. The number of carboxylic acids is 1. The summed E-state index contributed by atoms with van der Waals surface area (Å²) in [6.45, 7) is 1.47. The van der Waals surface area contributed by atoms with Gasteiger partial charge in [0.1, 0.15) is 0 Å². The third-order valence-corrected chi connectivity index (χ3v) is 2.44. The van der Waals surface area contributed by atoms with Gasteiger partial charge in [0.15, 0.2) is 0 Å². The van der Waals surface area contributed by atoms with Crippen LogP contribution in [0.5, 0.6) is 0 Å². The summed E-state index contributed by atoms with van der Waals surface area (Å²) >= 11 is 0. The maximum atomic E-state index is 11.6. The molecule has 0 saturated carbocycles. The van der Waals surface area contributed by atoms with Crippen LogP contribution >= 0.6 is 0 Å². The van der Waals surface area contributed by atoms with Gasteiger partial charge in [-0.15, -0.1) is 0 Å². The molecule has 84 valence electrons. The summed E-state index contributed by atoms with van der Waals surface area (Å²) in [4.78, 5) is 23.7. The van der Waals surface area contributed by atoms with Crippen molar-refractivity contribution in [2.45, 2.75) is 32.1 Å². The lowest BCUT2D eigenvalue weighted by Crippen LogP contribution is -2.33. The van der Waals surface area contributed by atoms with E-state index < -0.39 is 5.97 Å². The zero-order chi connectivity index (χ0) is 11.1. The second-order valence-electron chi connectivity index (χ2n) is 3.68. The summed E-state index contributed by atoms with van der Waals surface area (Å²) in [6, 6.07) is 0. The molecule has 0 spiro atoms. The molecule has 1 rings (SSSR count). The molecule has 0 atom stereocenters. The van der Waals surface area contributed by atoms with Crippen LogP contribution < -0.4 is 0 Å². The normalized spacial score (nSPS) is 19.1. The minimum absolute atomic E-state index is 0.0345. The minimum atomic E-state index is -0.907. The standard InChI is InChI=1S/C11H17NO3/c13-10(6-7-11(14)15)12-8-4-2-1-3-5-9-12/h1-2H,3-9H2,(H,14,15)/b2-1-. The highest BCUT2D eigenvalue weighted by Gasteiger charge is 2.14. The SMILES string of the molecule is O=C(O)CCC(=O)N1CC/C=C\CCC1. The molecule has 1 heterocycles. The third kappa shape index (κ3) is 4.63. The molecular weight excluding hydrogens is 194 g/mol. The van der Waals surface area contributed by atoms with Crippen LogP contribution in [0.15, 0.2) is 12.2 Å². The minimum Gasteiger partial charge on any atom is -0.481 e. The van der Waals surface area contributed by atoms with Crippen LogP contribution in [-0.4, -0.2) is 35.0 Å². The zero-order valence-corrected chi connectivity index (χ0v) is 8.82. The van der Waals surface area contributed by atoms with E-state index in [-0.39, 0.29) is 18.7 Å². The van der Waals surface area contributed by atoms with Crippen LogP contribution in [0, 0.1) is 0 Å². The topological polar surface area (TPSA) is 57.6 Å². The molecule has 0 bridgehead atoms. The molecule has 0 aromatic heterocycles. The van der Waals surface area contributed by atoms with Gasteiger partial charge in [0.05, 0.1) is 6.42 Å². The first-order valence-corrected chi connectivity index (χ1v) is 5.34. The number of rotatable bonds is 3. The van der Waals surface area contributed by atoms with Crippen molar-refractivity contribution in [2.75, 3.05) is 13.1 Å². The molecule has 0 radical (unpaired) electrons. The van der Waals surface area contributed by atoms with Crippen molar-refractivity contribution in [1.29, 1.82) is 0 Å². The van der Waals surface area contributed by atoms with Crippen molar-refractivity contribution in [2.24, 2.45) is 0 Å². The molecule has 1 amide bonds. The van der Waals surface area contributed by atoms with Gasteiger partial charge in [0.25, 0.3) is 0 Å². The van der Waals surface area contributed by atoms with Crippen LogP contribution in [0.25, 0.3) is 0 Å². The Balaban J connectivity index is 2.36. The molecule has 1 aliphatic rings. The number of allylic oxidation sites excluding steroid dienone is 1. The maximum Gasteiger partial charge on any atom is 0.303 e. The highest BCUT2D eigenvalue weighted by atomic mass is 16.4. The quantitative estimate of drug-likeness (QED) is 0.718. The first-order valence-electron chi connectivity index (χ1n) is 5.34. The fourth-order valence-electron chi connectivity index (χ4n) is 1.60. The molecular formula is C11H17NO3. The van der Waals surface area contributed by atoms with E-state index in [1.54, 1.807) is 4.90 Å². The fourth-order valence-corrected chi connectivity index (χ4v) is 1.60. The van der Waals surface area contributed by atoms with Crippen molar-refractivity contribution < 1.29 is 14.7 Å². The predicted molar refractivity (Wildman–Crippen MR) is 56.4 cm³/mol. The monoisotopic (exact) mass is 211 g/mol. The molecule has 4 nitrogen and oxygen atoms in total. The van der Waals surface area contributed by atoms with E-state index in [4.69, 9.17) is 5.11 Å². The van der Waals surface area contributed by atoms with Gasteiger partial charge >= 0.3 is 5.97 Å². The average molecular weight is 211 g/mol. The van der Waals surface area contributed by atoms with Gasteiger partial charge < -0.3 is 10.0 Å². The Morgan fingerprint density at radius 2 is 1.87 bits per heavy atom. The Bertz CT molecular complexity index is 261. The van der Waals surface area contributed by atoms with Crippen LogP contribution in [0.3, 0.4) is 0 Å². The number of hydrogen-bond acceptors (Lipinski definition) is 2. The summed E-state index contributed by atoms with van der Waals surface area (Å²) in [6.07, 6.45) is 7.12. The van der Waals surface area contributed by atoms with E-state index in [2.05, 4.69) is 12.2 Å². The van der Waals surface area contributed by atoms with Crippen LogP contribution in [0.1, 0.15) is 32.1 Å². The van der Waals surface area contributed by atoms with Gasteiger partial charge in [-0.25, -0.2) is 0 Å². The fraction of sp³-hybridized carbons (Fsp3) is 0.636. The number of amides is 1. The molecule has 1 N–H and O–H groups in total. The lowest BCUT2D eigenvalue weighted by molar-refractivity contribution is -0.140. The van der Waals surface area contributed by atoms with Crippen LogP contribution in [-0.2, 0) is 9.59 Å². The number of carbonyl (C=O) groups excluding carboxylic acids is 1. The van der Waals surface area contributed by atoms with E-state index in [0.29, 0.717) is 0 Å². The van der Waals surface area contributed by atoms with Crippen molar-refractivity contribution in [3.8, 4) is 0 Å². The summed E-state index contributed by atoms with van der Waals surface area (Å²) < 4.78 is 0. The third-order valence-electron chi connectivity index (χ3n) is 2.44. The summed E-state index contributed by atoms with van der Waals surface area (Å²) in [5, 5.41) is 8.48. The van der Waals surface area contributed by atoms with E-state index in [0.717, 1.165) is 32.4 Å². The molecule has 0 saturated heterocycles. The van der Waals surface area contributed by atoms with Gasteiger partial charge in [0, 0.05) is 19.5 Å². The van der Waals surface area contributed by atoms with Crippen molar-refractivity contribution in [3.05, 3.63) is 12.2 Å². The van der Waals surface area contributed by atoms with E-state index in [9.17, 15) is 9.59 Å². The highest BCUT2D eigenvalue weighted by Crippen LogP contribution is 2.06. The summed E-state index contributed by atoms with van der Waals surface area (Å²) in [7, 11) is 0. The van der Waals surface area contributed by atoms with Gasteiger partial charge in [-0.05, 0) is 19.3 Å². The zero-order valence-electron chi connectivity index (χ0n) is 8.82. The van der Waals surface area contributed by atoms with E-state index in [1.165, 1.54) is 0 Å². The van der Waals surface area contributed by atoms with Crippen LogP contribution in [0.2, 0.25) is 0 Å². The lowest BCUT2D eigenvalue weighted by atomic mass is 10.2. The molecule has 0 unspecified atom stereocenters. The molecule has 0 aromatic carbocycles. The Kier molecular flexibility index (Phi) is 4.87. The number of nitrogens with zero attached hydrogens (tertiary/aromatic N) is 1. The molecule has 1 aliphatic heterocycles. The first kappa shape index (κ1) is 11.8. The van der Waals surface area contributed by atoms with E-state index in [1.807, 2.05) is 0 Å².